The maximum atomic E-state index is 12.2. The minimum Gasteiger partial charge on any atom is -0.507 e. The number of fused-ring (bicyclic) bond motifs is 2. The summed E-state index contributed by atoms with van der Waals surface area (Å²) in [4.78, 5) is 10.3. The molecule has 0 saturated heterocycles. The van der Waals surface area contributed by atoms with Gasteiger partial charge in [-0.25, -0.2) is 4.98 Å². The van der Waals surface area contributed by atoms with Gasteiger partial charge in [0, 0.05) is 33.8 Å². The van der Waals surface area contributed by atoms with E-state index < -0.39 is 0 Å². The van der Waals surface area contributed by atoms with E-state index in [9.17, 15) is 5.11 Å². The van der Waals surface area contributed by atoms with Crippen LogP contribution in [0.1, 0.15) is 52.7 Å². The Balaban J connectivity index is 1.42. The second-order valence-electron chi connectivity index (χ2n) is 15.7. The quantitative estimate of drug-likeness (QED) is 0.197. The highest BCUT2D eigenvalue weighted by molar-refractivity contribution is 5.98. The van der Waals surface area contributed by atoms with Crippen molar-refractivity contribution in [2.75, 3.05) is 0 Å². The zero-order valence-electron chi connectivity index (χ0n) is 30.6. The molecule has 0 saturated carbocycles. The molecule has 8 rings (SSSR count). The van der Waals surface area contributed by atoms with Gasteiger partial charge in [0.15, 0.2) is 0 Å². The van der Waals surface area contributed by atoms with Crippen molar-refractivity contribution in [1.82, 2.24) is 14.5 Å². The van der Waals surface area contributed by atoms with Crippen LogP contribution in [0, 0.1) is 0 Å². The Labute approximate surface area is 306 Å². The normalized spacial score (nSPS) is 12.1. The molecule has 256 valence electrons. The summed E-state index contributed by atoms with van der Waals surface area (Å²) in [5, 5.41) is 14.5. The SMILES string of the molecule is CC(C)(C)c1cc(-c2nc3c(-c4cccc(-c5cc6ccccc6cn5)c4)cccc3n2-c2ccccc2-c2ccccc2)c(O)c(C(C)(C)C)c1. The van der Waals surface area contributed by atoms with Crippen molar-refractivity contribution in [2.45, 2.75) is 52.4 Å². The van der Waals surface area contributed by atoms with Crippen LogP contribution in [-0.2, 0) is 10.8 Å². The summed E-state index contributed by atoms with van der Waals surface area (Å²) in [7, 11) is 0. The van der Waals surface area contributed by atoms with Gasteiger partial charge in [-0.3, -0.25) is 9.55 Å². The first kappa shape index (κ1) is 33.2. The molecule has 0 amide bonds. The third kappa shape index (κ3) is 5.94. The summed E-state index contributed by atoms with van der Waals surface area (Å²) in [5.41, 5.74) is 11.4. The molecule has 6 aromatic carbocycles. The van der Waals surface area contributed by atoms with E-state index in [-0.39, 0.29) is 16.6 Å². The van der Waals surface area contributed by atoms with Crippen LogP contribution in [0.3, 0.4) is 0 Å². The van der Waals surface area contributed by atoms with Crippen molar-refractivity contribution in [2.24, 2.45) is 0 Å². The lowest BCUT2D eigenvalue weighted by Gasteiger charge is -2.27. The van der Waals surface area contributed by atoms with Crippen molar-refractivity contribution in [3.05, 3.63) is 157 Å². The molecule has 4 nitrogen and oxygen atoms in total. The van der Waals surface area contributed by atoms with E-state index in [1.807, 2.05) is 18.3 Å². The van der Waals surface area contributed by atoms with Gasteiger partial charge in [-0.2, -0.15) is 0 Å². The largest absolute Gasteiger partial charge is 0.507 e. The fourth-order valence-corrected chi connectivity index (χ4v) is 7.18. The lowest BCUT2D eigenvalue weighted by Crippen LogP contribution is -2.17. The van der Waals surface area contributed by atoms with Gasteiger partial charge in [-0.15, -0.1) is 0 Å². The molecule has 0 spiro atoms. The van der Waals surface area contributed by atoms with Crippen LogP contribution in [-0.4, -0.2) is 19.6 Å². The van der Waals surface area contributed by atoms with E-state index >= 15 is 0 Å². The zero-order chi connectivity index (χ0) is 36.2. The standard InChI is InChI=1S/C48H43N3O/c1-47(2,3)36-28-39(45(52)40(29-36)48(4,5)6)46-50-44-38(33-20-14-21-34(26-33)41-27-32-18-10-11-19-35(32)30-49-41)23-15-25-43(44)51(46)42-24-13-12-22-37(42)31-16-8-7-9-17-31/h7-30,52H,1-6H3. The molecule has 0 fully saturated rings. The van der Waals surface area contributed by atoms with Gasteiger partial charge in [0.05, 0.1) is 28.0 Å². The molecule has 1 N–H and O–H groups in total. The van der Waals surface area contributed by atoms with Crippen LogP contribution in [0.2, 0.25) is 0 Å². The van der Waals surface area contributed by atoms with Crippen LogP contribution in [0.25, 0.3) is 72.4 Å². The van der Waals surface area contributed by atoms with Crippen LogP contribution in [0.5, 0.6) is 5.75 Å². The number of hydrogen-bond donors (Lipinski definition) is 1. The van der Waals surface area contributed by atoms with Crippen LogP contribution in [0.15, 0.2) is 146 Å². The van der Waals surface area contributed by atoms with E-state index in [0.29, 0.717) is 5.82 Å². The van der Waals surface area contributed by atoms with E-state index in [1.54, 1.807) is 0 Å². The molecule has 0 atom stereocenters. The Morgan fingerprint density at radius 1 is 0.538 bits per heavy atom. The van der Waals surface area contributed by atoms with E-state index in [0.717, 1.165) is 77.7 Å². The average molecular weight is 678 g/mol. The van der Waals surface area contributed by atoms with Crippen LogP contribution in [0.4, 0.5) is 0 Å². The summed E-state index contributed by atoms with van der Waals surface area (Å²) in [6.45, 7) is 13.1. The molecule has 8 aromatic rings. The number of aromatic hydroxyl groups is 1. The fraction of sp³-hybridized carbons (Fsp3) is 0.167. The number of phenols is 1. The first-order valence-electron chi connectivity index (χ1n) is 18.0. The van der Waals surface area contributed by atoms with Gasteiger partial charge in [-0.05, 0) is 63.2 Å². The van der Waals surface area contributed by atoms with Crippen LogP contribution < -0.4 is 0 Å². The molecular weight excluding hydrogens is 635 g/mol. The number of imidazole rings is 1. The molecule has 0 aliphatic rings. The fourth-order valence-electron chi connectivity index (χ4n) is 7.18. The number of nitrogens with zero attached hydrogens (tertiary/aromatic N) is 3. The third-order valence-corrected chi connectivity index (χ3v) is 10.0. The second-order valence-corrected chi connectivity index (χ2v) is 15.7. The minimum atomic E-state index is -0.290. The molecule has 52 heavy (non-hydrogen) atoms. The second kappa shape index (κ2) is 12.6. The lowest BCUT2D eigenvalue weighted by molar-refractivity contribution is 0.446. The highest BCUT2D eigenvalue weighted by Crippen LogP contribution is 2.45. The smallest absolute Gasteiger partial charge is 0.149 e. The number of hydrogen-bond acceptors (Lipinski definition) is 3. The summed E-state index contributed by atoms with van der Waals surface area (Å²) in [5.74, 6) is 0.965. The van der Waals surface area contributed by atoms with Crippen molar-refractivity contribution in [3.63, 3.8) is 0 Å². The van der Waals surface area contributed by atoms with E-state index in [4.69, 9.17) is 9.97 Å². The maximum absolute atomic E-state index is 12.2. The van der Waals surface area contributed by atoms with Gasteiger partial charge in [0.2, 0.25) is 0 Å². The Bertz CT molecular complexity index is 2600. The van der Waals surface area contributed by atoms with Crippen molar-refractivity contribution in [3.8, 4) is 56.3 Å². The number of para-hydroxylation sites is 2. The molecule has 2 heterocycles. The number of benzene rings is 6. The summed E-state index contributed by atoms with van der Waals surface area (Å²) in [6.07, 6.45) is 1.94. The molecular formula is C48H43N3O. The average Bonchev–Trinajstić information content (AvgIpc) is 3.53. The first-order chi connectivity index (χ1) is 25.0. The Morgan fingerprint density at radius 3 is 1.96 bits per heavy atom. The Morgan fingerprint density at radius 2 is 1.19 bits per heavy atom. The molecule has 0 radical (unpaired) electrons. The summed E-state index contributed by atoms with van der Waals surface area (Å²) >= 11 is 0. The summed E-state index contributed by atoms with van der Waals surface area (Å²) < 4.78 is 2.24. The van der Waals surface area contributed by atoms with E-state index in [2.05, 4.69) is 174 Å². The monoisotopic (exact) mass is 677 g/mol. The molecule has 2 aromatic heterocycles. The van der Waals surface area contributed by atoms with Crippen molar-refractivity contribution in [1.29, 1.82) is 0 Å². The molecule has 4 heteroatoms. The number of phenolic OH excluding ortho intramolecular Hbond substituents is 1. The van der Waals surface area contributed by atoms with Crippen molar-refractivity contribution >= 4 is 21.8 Å². The molecule has 0 bridgehead atoms. The number of pyridine rings is 1. The predicted octanol–water partition coefficient (Wildman–Crippen LogP) is 12.5. The van der Waals surface area contributed by atoms with Gasteiger partial charge in [0.25, 0.3) is 0 Å². The molecule has 0 aliphatic heterocycles. The van der Waals surface area contributed by atoms with Crippen LogP contribution >= 0.6 is 0 Å². The van der Waals surface area contributed by atoms with Gasteiger partial charge in [-0.1, -0.05) is 151 Å². The predicted molar refractivity (Wildman–Crippen MR) is 217 cm³/mol. The lowest BCUT2D eigenvalue weighted by atomic mass is 9.79. The number of rotatable bonds is 5. The Kier molecular flexibility index (Phi) is 8.06. The highest BCUT2D eigenvalue weighted by Gasteiger charge is 2.29. The zero-order valence-corrected chi connectivity index (χ0v) is 30.6. The molecule has 0 aliphatic carbocycles. The first-order valence-corrected chi connectivity index (χ1v) is 18.0. The highest BCUT2D eigenvalue weighted by atomic mass is 16.3. The maximum Gasteiger partial charge on any atom is 0.149 e. The topological polar surface area (TPSA) is 50.9 Å². The third-order valence-electron chi connectivity index (χ3n) is 10.0. The Hall–Kier alpha value is -6.00. The summed E-state index contributed by atoms with van der Waals surface area (Å²) in [6, 6.07) is 48.7. The van der Waals surface area contributed by atoms with Gasteiger partial charge >= 0.3 is 0 Å². The van der Waals surface area contributed by atoms with Gasteiger partial charge < -0.3 is 5.11 Å². The van der Waals surface area contributed by atoms with Crippen molar-refractivity contribution < 1.29 is 5.11 Å². The minimum absolute atomic E-state index is 0.149. The van der Waals surface area contributed by atoms with E-state index in [1.165, 1.54) is 0 Å². The molecule has 0 unspecified atom stereocenters. The number of aromatic nitrogens is 3. The van der Waals surface area contributed by atoms with Gasteiger partial charge in [0.1, 0.15) is 11.6 Å².